The maximum absolute atomic E-state index is 5.77. The van der Waals surface area contributed by atoms with Crippen LogP contribution in [0, 0.1) is 0 Å². The molecule has 0 unspecified atom stereocenters. The highest BCUT2D eigenvalue weighted by Crippen LogP contribution is 2.39. The molecule has 0 bridgehead atoms. The summed E-state index contributed by atoms with van der Waals surface area (Å²) in [6, 6.07) is 1.91. The molecule has 0 saturated heterocycles. The minimum absolute atomic E-state index is 0.0149. The molecular weight excluding hydrogens is 174 g/mol. The van der Waals surface area contributed by atoms with Crippen molar-refractivity contribution in [2.45, 2.75) is 44.9 Å². The van der Waals surface area contributed by atoms with Gasteiger partial charge in [0.25, 0.3) is 0 Å². The fourth-order valence-electron chi connectivity index (χ4n) is 1.41. The summed E-state index contributed by atoms with van der Waals surface area (Å²) in [5, 5.41) is 0. The molecule has 1 aromatic rings. The summed E-state index contributed by atoms with van der Waals surface area (Å²) in [4.78, 5) is 8.86. The van der Waals surface area contributed by atoms with Crippen molar-refractivity contribution < 1.29 is 0 Å². The van der Waals surface area contributed by atoms with Crippen LogP contribution < -0.4 is 5.73 Å². The number of nitrogens with zero attached hydrogens (tertiary/aromatic N) is 2. The first-order chi connectivity index (χ1) is 6.47. The van der Waals surface area contributed by atoms with Gasteiger partial charge in [0.15, 0.2) is 0 Å². The molecule has 2 N–H and O–H groups in total. The summed E-state index contributed by atoms with van der Waals surface area (Å²) in [6.45, 7) is 6.33. The van der Waals surface area contributed by atoms with Gasteiger partial charge in [0.2, 0.25) is 0 Å². The lowest BCUT2D eigenvalue weighted by Gasteiger charge is -2.17. The van der Waals surface area contributed by atoms with Crippen LogP contribution in [-0.2, 0) is 5.41 Å². The van der Waals surface area contributed by atoms with Gasteiger partial charge in [-0.1, -0.05) is 20.8 Å². The molecule has 0 aromatic carbocycles. The van der Waals surface area contributed by atoms with E-state index in [4.69, 9.17) is 5.73 Å². The van der Waals surface area contributed by atoms with E-state index in [1.807, 2.05) is 6.07 Å². The zero-order chi connectivity index (χ0) is 10.3. The second-order valence-electron chi connectivity index (χ2n) is 5.07. The van der Waals surface area contributed by atoms with Gasteiger partial charge in [-0.05, 0) is 12.8 Å². The summed E-state index contributed by atoms with van der Waals surface area (Å²) in [6.07, 6.45) is 2.50. The number of nitrogens with two attached hydrogens (primary N) is 1. The fourth-order valence-corrected chi connectivity index (χ4v) is 1.41. The van der Waals surface area contributed by atoms with Crippen LogP contribution in [0.4, 0.5) is 5.82 Å². The zero-order valence-electron chi connectivity index (χ0n) is 9.04. The molecule has 3 heteroatoms. The molecule has 1 aromatic heterocycles. The zero-order valence-corrected chi connectivity index (χ0v) is 9.04. The molecule has 1 fully saturated rings. The number of hydrogen-bond donors (Lipinski definition) is 1. The fraction of sp³-hybridized carbons (Fsp3) is 0.636. The minimum Gasteiger partial charge on any atom is -0.384 e. The van der Waals surface area contributed by atoms with Crippen LogP contribution in [0.1, 0.15) is 51.0 Å². The number of rotatable bonds is 1. The third-order valence-corrected chi connectivity index (χ3v) is 2.43. The molecule has 2 rings (SSSR count). The standard InChI is InChI=1S/C11H17N3/c1-11(2,3)10-13-8(7-4-5-7)6-9(12)14-10/h6-7H,4-5H2,1-3H3,(H2,12,13,14). The highest BCUT2D eigenvalue weighted by atomic mass is 15.0. The molecular formula is C11H17N3. The van der Waals surface area contributed by atoms with E-state index in [2.05, 4.69) is 30.7 Å². The smallest absolute Gasteiger partial charge is 0.136 e. The van der Waals surface area contributed by atoms with Gasteiger partial charge >= 0.3 is 0 Å². The second-order valence-corrected chi connectivity index (χ2v) is 5.07. The molecule has 0 spiro atoms. The van der Waals surface area contributed by atoms with Crippen LogP contribution in [0.2, 0.25) is 0 Å². The van der Waals surface area contributed by atoms with Crippen molar-refractivity contribution in [3.63, 3.8) is 0 Å². The maximum Gasteiger partial charge on any atom is 0.136 e. The summed E-state index contributed by atoms with van der Waals surface area (Å²) in [5.74, 6) is 2.10. The maximum atomic E-state index is 5.77. The van der Waals surface area contributed by atoms with Crippen LogP contribution in [0.25, 0.3) is 0 Å². The lowest BCUT2D eigenvalue weighted by Crippen LogP contribution is -2.17. The molecule has 0 radical (unpaired) electrons. The number of aromatic nitrogens is 2. The van der Waals surface area contributed by atoms with Crippen molar-refractivity contribution in [1.29, 1.82) is 0 Å². The Morgan fingerprint density at radius 3 is 2.43 bits per heavy atom. The van der Waals surface area contributed by atoms with Gasteiger partial charge in [-0.2, -0.15) is 0 Å². The Balaban J connectivity index is 2.41. The summed E-state index contributed by atoms with van der Waals surface area (Å²) < 4.78 is 0. The highest BCUT2D eigenvalue weighted by molar-refractivity contribution is 5.34. The SMILES string of the molecule is CC(C)(C)c1nc(N)cc(C2CC2)n1. The van der Waals surface area contributed by atoms with Crippen LogP contribution >= 0.6 is 0 Å². The van der Waals surface area contributed by atoms with Crippen molar-refractivity contribution in [2.24, 2.45) is 0 Å². The van der Waals surface area contributed by atoms with E-state index >= 15 is 0 Å². The Bertz CT molecular complexity index is 348. The first kappa shape index (κ1) is 9.44. The van der Waals surface area contributed by atoms with E-state index in [1.54, 1.807) is 0 Å². The molecule has 3 nitrogen and oxygen atoms in total. The molecule has 1 heterocycles. The summed E-state index contributed by atoms with van der Waals surface area (Å²) >= 11 is 0. The molecule has 1 aliphatic carbocycles. The van der Waals surface area contributed by atoms with Gasteiger partial charge in [0.1, 0.15) is 11.6 Å². The van der Waals surface area contributed by atoms with E-state index in [0.29, 0.717) is 11.7 Å². The molecule has 0 amide bonds. The highest BCUT2D eigenvalue weighted by Gasteiger charge is 2.27. The molecule has 0 aliphatic heterocycles. The van der Waals surface area contributed by atoms with E-state index in [0.717, 1.165) is 11.5 Å². The third-order valence-electron chi connectivity index (χ3n) is 2.43. The van der Waals surface area contributed by atoms with Crippen molar-refractivity contribution >= 4 is 5.82 Å². The Morgan fingerprint density at radius 2 is 1.93 bits per heavy atom. The lowest BCUT2D eigenvalue weighted by atomic mass is 9.95. The molecule has 76 valence electrons. The predicted molar refractivity (Wildman–Crippen MR) is 57.1 cm³/mol. The van der Waals surface area contributed by atoms with E-state index in [9.17, 15) is 0 Å². The lowest BCUT2D eigenvalue weighted by molar-refractivity contribution is 0.542. The van der Waals surface area contributed by atoms with Gasteiger partial charge in [-0.15, -0.1) is 0 Å². The Kier molecular flexibility index (Phi) is 1.98. The first-order valence-electron chi connectivity index (χ1n) is 5.12. The average Bonchev–Trinajstić information content (AvgIpc) is 2.83. The molecule has 1 aliphatic rings. The van der Waals surface area contributed by atoms with E-state index in [1.165, 1.54) is 12.8 Å². The number of nitrogen functional groups attached to an aromatic ring is 1. The molecule has 14 heavy (non-hydrogen) atoms. The molecule has 1 saturated carbocycles. The molecule has 0 atom stereocenters. The largest absolute Gasteiger partial charge is 0.384 e. The second kappa shape index (κ2) is 2.94. The van der Waals surface area contributed by atoms with Gasteiger partial charge in [-0.3, -0.25) is 0 Å². The van der Waals surface area contributed by atoms with Crippen LogP contribution in [0.5, 0.6) is 0 Å². The van der Waals surface area contributed by atoms with Crippen molar-refractivity contribution in [1.82, 2.24) is 9.97 Å². The topological polar surface area (TPSA) is 51.8 Å². The average molecular weight is 191 g/mol. The summed E-state index contributed by atoms with van der Waals surface area (Å²) in [5.41, 5.74) is 6.88. The summed E-state index contributed by atoms with van der Waals surface area (Å²) in [7, 11) is 0. The monoisotopic (exact) mass is 191 g/mol. The number of anilines is 1. The van der Waals surface area contributed by atoms with E-state index < -0.39 is 0 Å². The third kappa shape index (κ3) is 1.86. The minimum atomic E-state index is -0.0149. The van der Waals surface area contributed by atoms with Crippen molar-refractivity contribution in [3.05, 3.63) is 17.6 Å². The Labute approximate surface area is 84.8 Å². The first-order valence-corrected chi connectivity index (χ1v) is 5.12. The van der Waals surface area contributed by atoms with Crippen molar-refractivity contribution in [3.8, 4) is 0 Å². The van der Waals surface area contributed by atoms with Gasteiger partial charge in [0.05, 0.1) is 0 Å². The normalized spacial score (nSPS) is 17.1. The van der Waals surface area contributed by atoms with E-state index in [-0.39, 0.29) is 5.41 Å². The van der Waals surface area contributed by atoms with Gasteiger partial charge < -0.3 is 5.73 Å². The Morgan fingerprint density at radius 1 is 1.29 bits per heavy atom. The van der Waals surface area contributed by atoms with Crippen LogP contribution in [0.3, 0.4) is 0 Å². The Hall–Kier alpha value is -1.12. The van der Waals surface area contributed by atoms with Crippen molar-refractivity contribution in [2.75, 3.05) is 5.73 Å². The van der Waals surface area contributed by atoms with Gasteiger partial charge in [0, 0.05) is 23.1 Å². The van der Waals surface area contributed by atoms with Gasteiger partial charge in [-0.25, -0.2) is 9.97 Å². The van der Waals surface area contributed by atoms with Crippen LogP contribution in [0.15, 0.2) is 6.07 Å². The van der Waals surface area contributed by atoms with Crippen LogP contribution in [-0.4, -0.2) is 9.97 Å². The quantitative estimate of drug-likeness (QED) is 0.740. The number of hydrogen-bond acceptors (Lipinski definition) is 3. The predicted octanol–water partition coefficient (Wildman–Crippen LogP) is 2.23.